The van der Waals surface area contributed by atoms with E-state index in [-0.39, 0.29) is 18.9 Å². The van der Waals surface area contributed by atoms with E-state index in [1.54, 1.807) is 0 Å². The van der Waals surface area contributed by atoms with Gasteiger partial charge in [0.2, 0.25) is 0 Å². The monoisotopic (exact) mass is 238 g/mol. The van der Waals surface area contributed by atoms with Crippen molar-refractivity contribution in [3.05, 3.63) is 47.7 Å². The van der Waals surface area contributed by atoms with Crippen molar-refractivity contribution in [3.63, 3.8) is 0 Å². The largest absolute Gasteiger partial charge is 1.00 e. The van der Waals surface area contributed by atoms with E-state index in [1.165, 1.54) is 0 Å². The van der Waals surface area contributed by atoms with Crippen molar-refractivity contribution in [2.24, 2.45) is 0 Å². The summed E-state index contributed by atoms with van der Waals surface area (Å²) < 4.78 is 10.6. The maximum atomic E-state index is 5.48. The van der Waals surface area contributed by atoms with Crippen LogP contribution in [0.2, 0.25) is 0 Å². The number of hydrogen-bond donors (Lipinski definition) is 0. The van der Waals surface area contributed by atoms with Gasteiger partial charge in [0.1, 0.15) is 6.61 Å². The molecule has 5 heteroatoms. The summed E-state index contributed by atoms with van der Waals surface area (Å²) in [5, 5.41) is 3.80. The first-order chi connectivity index (χ1) is 8.24. The van der Waals surface area contributed by atoms with Crippen LogP contribution in [0.15, 0.2) is 34.9 Å². The van der Waals surface area contributed by atoms with Crippen LogP contribution in [-0.2, 0) is 13.2 Å². The summed E-state index contributed by atoms with van der Waals surface area (Å²) in [6.07, 6.45) is 0. The fourth-order valence-electron chi connectivity index (χ4n) is 1.41. The van der Waals surface area contributed by atoms with Gasteiger partial charge < -0.3 is 20.2 Å². The van der Waals surface area contributed by atoms with Gasteiger partial charge >= 0.3 is 18.9 Å². The van der Waals surface area contributed by atoms with E-state index in [0.717, 1.165) is 5.56 Å². The number of aromatic nitrogens is 1. The summed E-state index contributed by atoms with van der Waals surface area (Å²) in [5.74, 6) is 1.09. The van der Waals surface area contributed by atoms with Crippen molar-refractivity contribution >= 4 is 0 Å². The Morgan fingerprint density at radius 3 is 2.67 bits per heavy atom. The van der Waals surface area contributed by atoms with Crippen molar-refractivity contribution in [1.29, 1.82) is 0 Å². The molecule has 0 N–H and O–H groups in total. The summed E-state index contributed by atoms with van der Waals surface area (Å²) >= 11 is 0. The predicted octanol–water partition coefficient (Wildman–Crippen LogP) is -0.881. The van der Waals surface area contributed by atoms with Crippen LogP contribution >= 0.6 is 0 Å². The number of ether oxygens (including phenoxy) is 1. The number of benzene rings is 1. The molecule has 1 heterocycles. The van der Waals surface area contributed by atoms with Gasteiger partial charge in [-0.15, -0.1) is 0 Å². The second-order valence-electron chi connectivity index (χ2n) is 4.05. The Balaban J connectivity index is 0.00000162. The minimum Gasteiger partial charge on any atom is -0.504 e. The van der Waals surface area contributed by atoms with Crippen molar-refractivity contribution in [3.8, 4) is 5.88 Å². The van der Waals surface area contributed by atoms with Crippen LogP contribution in [0, 0.1) is 6.07 Å². The molecule has 2 rings (SSSR count). The molecule has 0 radical (unpaired) electrons. The fourth-order valence-corrected chi connectivity index (χ4v) is 1.41. The molecule has 0 atom stereocenters. The Morgan fingerprint density at radius 2 is 2.00 bits per heavy atom. The second-order valence-corrected chi connectivity index (χ2v) is 4.05. The Morgan fingerprint density at radius 1 is 1.28 bits per heavy atom. The van der Waals surface area contributed by atoms with E-state index in [0.29, 0.717) is 24.8 Å². The average Bonchev–Trinajstić information content (AvgIpc) is 2.75. The van der Waals surface area contributed by atoms with Gasteiger partial charge in [-0.3, -0.25) is 0 Å². The molecule has 2 aromatic rings. The summed E-state index contributed by atoms with van der Waals surface area (Å²) in [6, 6.07) is 12.9. The molecule has 0 unspecified atom stereocenters. The van der Waals surface area contributed by atoms with Gasteiger partial charge in [-0.05, 0) is 25.4 Å². The fraction of sp³-hybridized carbons (Fsp3) is 0.308. The predicted molar refractivity (Wildman–Crippen MR) is 63.5 cm³/mol. The summed E-state index contributed by atoms with van der Waals surface area (Å²) in [6.45, 7) is 1.15. The maximum absolute atomic E-state index is 5.48. The second kappa shape index (κ2) is 7.27. The van der Waals surface area contributed by atoms with Gasteiger partial charge in [-0.2, -0.15) is 0 Å². The molecule has 0 saturated carbocycles. The molecule has 0 saturated heterocycles. The molecular formula is C13H15LiN2O2. The van der Waals surface area contributed by atoms with Crippen LogP contribution in [-0.4, -0.2) is 24.2 Å². The zero-order valence-corrected chi connectivity index (χ0v) is 11.0. The molecule has 18 heavy (non-hydrogen) atoms. The van der Waals surface area contributed by atoms with E-state index in [2.05, 4.69) is 11.2 Å². The molecule has 0 amide bonds. The Bertz CT molecular complexity index is 457. The van der Waals surface area contributed by atoms with E-state index < -0.39 is 0 Å². The van der Waals surface area contributed by atoms with Gasteiger partial charge in [-0.25, -0.2) is 0 Å². The van der Waals surface area contributed by atoms with Crippen molar-refractivity contribution < 1.29 is 28.1 Å². The summed E-state index contributed by atoms with van der Waals surface area (Å²) in [7, 11) is 3.92. The maximum Gasteiger partial charge on any atom is 1.00 e. The zero-order valence-electron chi connectivity index (χ0n) is 11.0. The van der Waals surface area contributed by atoms with Crippen LogP contribution in [0.25, 0.3) is 0 Å². The third-order valence-electron chi connectivity index (χ3n) is 2.16. The Labute approximate surface area is 119 Å². The van der Waals surface area contributed by atoms with E-state index >= 15 is 0 Å². The normalized spacial score (nSPS) is 10.2. The summed E-state index contributed by atoms with van der Waals surface area (Å²) in [4.78, 5) is 1.98. The van der Waals surface area contributed by atoms with Crippen molar-refractivity contribution in [2.45, 2.75) is 13.2 Å². The topological polar surface area (TPSA) is 38.5 Å². The van der Waals surface area contributed by atoms with Gasteiger partial charge in [0.15, 0.2) is 0 Å². The van der Waals surface area contributed by atoms with Crippen LogP contribution in [0.3, 0.4) is 0 Å². The minimum atomic E-state index is 0. The standard InChI is InChI=1S/C13H15N2O2.Li/c1-15(2)9-12-8-13(14-17-12)16-10-11-6-4-3-5-7-11;/h3-7H,9-10H2,1-2H3;/q-1;+1. The molecule has 0 fully saturated rings. The molecule has 0 aliphatic carbocycles. The molecule has 0 aliphatic heterocycles. The quantitative estimate of drug-likeness (QED) is 0.501. The SMILES string of the molecule is CN(C)Cc1[c-]c(OCc2ccccc2)no1.[Li+]. The molecular weight excluding hydrogens is 223 g/mol. The van der Waals surface area contributed by atoms with Gasteiger partial charge in [0.25, 0.3) is 0 Å². The summed E-state index contributed by atoms with van der Waals surface area (Å²) in [5.41, 5.74) is 1.10. The number of nitrogens with zero attached hydrogens (tertiary/aromatic N) is 2. The van der Waals surface area contributed by atoms with Crippen molar-refractivity contribution in [2.75, 3.05) is 14.1 Å². The third-order valence-corrected chi connectivity index (χ3v) is 2.16. The molecule has 0 spiro atoms. The average molecular weight is 238 g/mol. The first-order valence-corrected chi connectivity index (χ1v) is 5.43. The van der Waals surface area contributed by atoms with Crippen LogP contribution in [0.1, 0.15) is 11.3 Å². The first-order valence-electron chi connectivity index (χ1n) is 5.43. The van der Waals surface area contributed by atoms with Gasteiger partial charge in [0, 0.05) is 6.54 Å². The van der Waals surface area contributed by atoms with Gasteiger partial charge in [-0.1, -0.05) is 35.5 Å². The van der Waals surface area contributed by atoms with Crippen LogP contribution in [0.4, 0.5) is 0 Å². The molecule has 1 aromatic heterocycles. The van der Waals surface area contributed by atoms with Gasteiger partial charge in [0.05, 0.1) is 5.88 Å². The molecule has 90 valence electrons. The Hall–Kier alpha value is -1.21. The zero-order chi connectivity index (χ0) is 12.1. The number of rotatable bonds is 5. The van der Waals surface area contributed by atoms with E-state index in [9.17, 15) is 0 Å². The number of hydrogen-bond acceptors (Lipinski definition) is 4. The van der Waals surface area contributed by atoms with Crippen LogP contribution < -0.4 is 23.6 Å². The third kappa shape index (κ3) is 4.58. The van der Waals surface area contributed by atoms with E-state index in [4.69, 9.17) is 9.26 Å². The van der Waals surface area contributed by atoms with E-state index in [1.807, 2.05) is 49.3 Å². The smallest absolute Gasteiger partial charge is 0.504 e. The Kier molecular flexibility index (Phi) is 6.00. The molecule has 0 aliphatic rings. The molecule has 0 bridgehead atoms. The van der Waals surface area contributed by atoms with Crippen molar-refractivity contribution in [1.82, 2.24) is 10.1 Å². The minimum absolute atomic E-state index is 0. The molecule has 4 nitrogen and oxygen atoms in total. The molecule has 1 aromatic carbocycles. The first kappa shape index (κ1) is 14.8. The van der Waals surface area contributed by atoms with Crippen LogP contribution in [0.5, 0.6) is 5.88 Å².